The fourth-order valence-electron chi connectivity index (χ4n) is 3.79. The number of esters is 1. The van der Waals surface area contributed by atoms with E-state index in [2.05, 4.69) is 0 Å². The number of hydrogen-bond donors (Lipinski definition) is 0. The van der Waals surface area contributed by atoms with Crippen LogP contribution in [-0.2, 0) is 24.2 Å². The topological polar surface area (TPSA) is 101 Å². The summed E-state index contributed by atoms with van der Waals surface area (Å²) in [6.07, 6.45) is 2.37. The van der Waals surface area contributed by atoms with Gasteiger partial charge in [0.25, 0.3) is 5.91 Å². The maximum absolute atomic E-state index is 12.6. The maximum Gasteiger partial charge on any atom is 0.338 e. The number of benzene rings is 1. The summed E-state index contributed by atoms with van der Waals surface area (Å²) in [5.41, 5.74) is 0.900. The predicted molar refractivity (Wildman–Crippen MR) is 107 cm³/mol. The first-order valence-corrected chi connectivity index (χ1v) is 11.7. The number of hydrogen-bond acceptors (Lipinski definition) is 6. The van der Waals surface area contributed by atoms with Gasteiger partial charge in [0.1, 0.15) is 0 Å². The van der Waals surface area contributed by atoms with Gasteiger partial charge in [-0.2, -0.15) is 0 Å². The molecule has 0 N–H and O–H groups in total. The second kappa shape index (κ2) is 8.94. The Bertz CT molecular complexity index is 898. The normalized spacial score (nSPS) is 20.7. The van der Waals surface area contributed by atoms with Crippen molar-refractivity contribution in [3.8, 4) is 0 Å². The van der Waals surface area contributed by atoms with Gasteiger partial charge in [0.15, 0.2) is 16.4 Å². The molecule has 0 aromatic heterocycles. The Hall–Kier alpha value is -2.42. The van der Waals surface area contributed by atoms with E-state index in [1.165, 1.54) is 4.90 Å². The molecule has 2 aliphatic rings. The minimum atomic E-state index is -3.12. The van der Waals surface area contributed by atoms with E-state index >= 15 is 0 Å². The summed E-state index contributed by atoms with van der Waals surface area (Å²) in [5.74, 6) is -0.992. The summed E-state index contributed by atoms with van der Waals surface area (Å²) >= 11 is 0. The molecular weight excluding hydrogens is 396 g/mol. The smallest absolute Gasteiger partial charge is 0.338 e. The van der Waals surface area contributed by atoms with E-state index in [1.807, 2.05) is 6.92 Å². The van der Waals surface area contributed by atoms with Gasteiger partial charge < -0.3 is 14.5 Å². The molecule has 158 valence electrons. The van der Waals surface area contributed by atoms with Gasteiger partial charge in [-0.3, -0.25) is 9.59 Å². The molecule has 29 heavy (non-hydrogen) atoms. The van der Waals surface area contributed by atoms with Crippen molar-refractivity contribution >= 4 is 33.3 Å². The third kappa shape index (κ3) is 5.14. The number of ether oxygens (including phenoxy) is 1. The minimum Gasteiger partial charge on any atom is -0.452 e. The van der Waals surface area contributed by atoms with Crippen molar-refractivity contribution in [2.24, 2.45) is 0 Å². The van der Waals surface area contributed by atoms with Crippen LogP contribution in [0.4, 0.5) is 5.69 Å². The number of amides is 2. The average molecular weight is 423 g/mol. The highest BCUT2D eigenvalue weighted by molar-refractivity contribution is 7.91. The van der Waals surface area contributed by atoms with Gasteiger partial charge in [-0.25, -0.2) is 13.2 Å². The zero-order valence-electron chi connectivity index (χ0n) is 16.5. The van der Waals surface area contributed by atoms with Crippen LogP contribution in [0.1, 0.15) is 43.0 Å². The summed E-state index contributed by atoms with van der Waals surface area (Å²) in [6.45, 7) is 2.50. The molecule has 1 aromatic rings. The molecule has 0 saturated carbocycles. The molecule has 0 radical (unpaired) electrons. The molecule has 9 heteroatoms. The molecular formula is C20H26N2O6S. The molecule has 2 aliphatic heterocycles. The van der Waals surface area contributed by atoms with E-state index in [0.717, 1.165) is 6.42 Å². The molecule has 0 unspecified atom stereocenters. The van der Waals surface area contributed by atoms with Crippen LogP contribution in [0.5, 0.6) is 0 Å². The second-order valence-electron chi connectivity index (χ2n) is 7.42. The van der Waals surface area contributed by atoms with Gasteiger partial charge in [0.2, 0.25) is 5.91 Å². The first-order chi connectivity index (χ1) is 13.8. The molecule has 8 nitrogen and oxygen atoms in total. The summed E-state index contributed by atoms with van der Waals surface area (Å²) in [5, 5.41) is 0. The highest BCUT2D eigenvalue weighted by Crippen LogP contribution is 2.23. The molecule has 2 fully saturated rings. The first kappa shape index (κ1) is 21.3. The third-order valence-electron chi connectivity index (χ3n) is 5.23. The minimum absolute atomic E-state index is 0.0208. The summed E-state index contributed by atoms with van der Waals surface area (Å²) in [6, 6.07) is 6.23. The Morgan fingerprint density at radius 3 is 2.72 bits per heavy atom. The Labute approximate surface area is 170 Å². The molecule has 0 aliphatic carbocycles. The van der Waals surface area contributed by atoms with E-state index in [-0.39, 0.29) is 29.0 Å². The quantitative estimate of drug-likeness (QED) is 0.616. The predicted octanol–water partition coefficient (Wildman–Crippen LogP) is 1.40. The van der Waals surface area contributed by atoms with Crippen LogP contribution in [0.3, 0.4) is 0 Å². The highest BCUT2D eigenvalue weighted by atomic mass is 32.2. The van der Waals surface area contributed by atoms with E-state index in [4.69, 9.17) is 4.74 Å². The van der Waals surface area contributed by atoms with Gasteiger partial charge in [-0.05, 0) is 37.5 Å². The number of carbonyl (C=O) groups excluding carboxylic acids is 3. The lowest BCUT2D eigenvalue weighted by molar-refractivity contribution is -0.136. The van der Waals surface area contributed by atoms with Crippen molar-refractivity contribution in [2.75, 3.05) is 36.1 Å². The third-order valence-corrected chi connectivity index (χ3v) is 6.98. The number of sulfone groups is 1. The number of nitrogens with zero attached hydrogens (tertiary/aromatic N) is 2. The van der Waals surface area contributed by atoms with Crippen LogP contribution in [0.15, 0.2) is 24.3 Å². The van der Waals surface area contributed by atoms with Crippen molar-refractivity contribution in [3.63, 3.8) is 0 Å². The standard InChI is InChI=1S/C20H26N2O6S/c1-2-9-21(17-8-11-29(26,27)14-17)19(24)13-28-20(25)15-5-3-6-16(12-15)22-10-4-7-18(22)23/h3,5-6,12,17H,2,4,7-11,13-14H2,1H3/t17-/m1/s1. The lowest BCUT2D eigenvalue weighted by Crippen LogP contribution is -2.43. The molecule has 0 bridgehead atoms. The van der Waals surface area contributed by atoms with E-state index in [1.54, 1.807) is 29.2 Å². The van der Waals surface area contributed by atoms with Gasteiger partial charge in [0, 0.05) is 31.2 Å². The molecule has 0 spiro atoms. The number of rotatable bonds is 7. The van der Waals surface area contributed by atoms with Crippen LogP contribution in [-0.4, -0.2) is 68.3 Å². The van der Waals surface area contributed by atoms with E-state index in [0.29, 0.717) is 38.0 Å². The molecule has 2 saturated heterocycles. The lowest BCUT2D eigenvalue weighted by Gasteiger charge is -2.27. The van der Waals surface area contributed by atoms with Gasteiger partial charge in [-0.15, -0.1) is 0 Å². The van der Waals surface area contributed by atoms with Crippen molar-refractivity contribution < 1.29 is 27.5 Å². The Morgan fingerprint density at radius 2 is 2.10 bits per heavy atom. The fourth-order valence-corrected chi connectivity index (χ4v) is 5.52. The van der Waals surface area contributed by atoms with Crippen molar-refractivity contribution in [1.82, 2.24) is 4.90 Å². The zero-order chi connectivity index (χ0) is 21.0. The average Bonchev–Trinajstić information content (AvgIpc) is 3.28. The van der Waals surface area contributed by atoms with Crippen molar-refractivity contribution in [1.29, 1.82) is 0 Å². The Morgan fingerprint density at radius 1 is 1.31 bits per heavy atom. The van der Waals surface area contributed by atoms with Crippen LogP contribution in [0, 0.1) is 0 Å². The summed E-state index contributed by atoms with van der Waals surface area (Å²) in [7, 11) is -3.12. The molecule has 1 atom stereocenters. The zero-order valence-corrected chi connectivity index (χ0v) is 17.3. The monoisotopic (exact) mass is 422 g/mol. The number of anilines is 1. The van der Waals surface area contributed by atoms with Crippen LogP contribution < -0.4 is 4.90 Å². The largest absolute Gasteiger partial charge is 0.452 e. The Balaban J connectivity index is 1.62. The van der Waals surface area contributed by atoms with Crippen LogP contribution >= 0.6 is 0 Å². The molecule has 3 rings (SSSR count). The van der Waals surface area contributed by atoms with E-state index in [9.17, 15) is 22.8 Å². The first-order valence-electron chi connectivity index (χ1n) is 9.88. The molecule has 1 aromatic carbocycles. The lowest BCUT2D eigenvalue weighted by atomic mass is 10.2. The maximum atomic E-state index is 12.6. The van der Waals surface area contributed by atoms with Crippen LogP contribution in [0.25, 0.3) is 0 Å². The van der Waals surface area contributed by atoms with Gasteiger partial charge >= 0.3 is 5.97 Å². The highest BCUT2D eigenvalue weighted by Gasteiger charge is 2.34. The van der Waals surface area contributed by atoms with Gasteiger partial charge in [-0.1, -0.05) is 13.0 Å². The molecule has 2 amide bonds. The summed E-state index contributed by atoms with van der Waals surface area (Å²) < 4.78 is 28.7. The second-order valence-corrected chi connectivity index (χ2v) is 9.65. The van der Waals surface area contributed by atoms with Crippen molar-refractivity contribution in [3.05, 3.63) is 29.8 Å². The SMILES string of the molecule is CCCN(C(=O)COC(=O)c1cccc(N2CCCC2=O)c1)[C@@H]1CCS(=O)(=O)C1. The van der Waals surface area contributed by atoms with Crippen LogP contribution in [0.2, 0.25) is 0 Å². The Kier molecular flexibility index (Phi) is 6.56. The van der Waals surface area contributed by atoms with Crippen molar-refractivity contribution in [2.45, 2.75) is 38.6 Å². The summed E-state index contributed by atoms with van der Waals surface area (Å²) in [4.78, 5) is 40.0. The number of carbonyl (C=O) groups is 3. The molecule has 2 heterocycles. The van der Waals surface area contributed by atoms with E-state index < -0.39 is 28.3 Å². The fraction of sp³-hybridized carbons (Fsp3) is 0.550. The van der Waals surface area contributed by atoms with Gasteiger partial charge in [0.05, 0.1) is 17.1 Å².